The van der Waals surface area contributed by atoms with Crippen molar-refractivity contribution in [3.05, 3.63) is 0 Å². The molecule has 0 aromatic heterocycles. The summed E-state index contributed by atoms with van der Waals surface area (Å²) in [5.41, 5.74) is 0. The van der Waals surface area contributed by atoms with Gasteiger partial charge in [0, 0.05) is 12.6 Å². The summed E-state index contributed by atoms with van der Waals surface area (Å²) in [4.78, 5) is 0. The minimum absolute atomic E-state index is 0.0471. The Labute approximate surface area is 102 Å². The molecule has 1 N–H and O–H groups in total. The number of hydrogen-bond acceptors (Lipinski definition) is 5. The molecule has 8 heteroatoms. The van der Waals surface area contributed by atoms with Crippen LogP contribution < -0.4 is 0 Å². The lowest BCUT2D eigenvalue weighted by atomic mass is 10.2. The summed E-state index contributed by atoms with van der Waals surface area (Å²) in [6.07, 6.45) is 1.55. The van der Waals surface area contributed by atoms with Crippen LogP contribution in [0.5, 0.6) is 0 Å². The van der Waals surface area contributed by atoms with E-state index in [1.54, 1.807) is 0 Å². The SMILES string of the molecule is O=S1(=O)CCC(S(=O)(=O)N2CCCC2CO)C1. The highest BCUT2D eigenvalue weighted by Crippen LogP contribution is 2.28. The molecule has 0 radical (unpaired) electrons. The number of aliphatic hydroxyl groups is 1. The van der Waals surface area contributed by atoms with Crippen LogP contribution >= 0.6 is 0 Å². The van der Waals surface area contributed by atoms with Gasteiger partial charge in [0.25, 0.3) is 0 Å². The Bertz CT molecular complexity index is 484. The van der Waals surface area contributed by atoms with Crippen molar-refractivity contribution in [3.63, 3.8) is 0 Å². The highest BCUT2D eigenvalue weighted by molar-refractivity contribution is 7.95. The van der Waals surface area contributed by atoms with E-state index in [0.717, 1.165) is 6.42 Å². The minimum Gasteiger partial charge on any atom is -0.395 e. The summed E-state index contributed by atoms with van der Waals surface area (Å²) in [5, 5.41) is 8.30. The minimum atomic E-state index is -3.58. The van der Waals surface area contributed by atoms with Gasteiger partial charge in [-0.15, -0.1) is 0 Å². The van der Waals surface area contributed by atoms with E-state index in [1.807, 2.05) is 0 Å². The van der Waals surface area contributed by atoms with Gasteiger partial charge in [0.2, 0.25) is 10.0 Å². The van der Waals surface area contributed by atoms with E-state index in [4.69, 9.17) is 5.11 Å². The standard InChI is InChI=1S/C9H17NO5S2/c11-6-8-2-1-4-10(8)17(14,15)9-3-5-16(12,13)7-9/h8-9,11H,1-7H2. The zero-order chi connectivity index (χ0) is 12.7. The van der Waals surface area contributed by atoms with Crippen molar-refractivity contribution in [1.82, 2.24) is 4.31 Å². The molecule has 6 nitrogen and oxygen atoms in total. The van der Waals surface area contributed by atoms with E-state index in [9.17, 15) is 16.8 Å². The first-order valence-corrected chi connectivity index (χ1v) is 9.01. The van der Waals surface area contributed by atoms with Crippen LogP contribution in [-0.2, 0) is 19.9 Å². The third-order valence-electron chi connectivity index (χ3n) is 3.47. The molecule has 0 aliphatic carbocycles. The molecule has 2 fully saturated rings. The molecule has 0 spiro atoms. The van der Waals surface area contributed by atoms with Gasteiger partial charge in [-0.2, -0.15) is 4.31 Å². The molecule has 2 aliphatic rings. The summed E-state index contributed by atoms with van der Waals surface area (Å²) >= 11 is 0. The number of hydrogen-bond donors (Lipinski definition) is 1. The molecule has 2 heterocycles. The number of rotatable bonds is 3. The predicted octanol–water partition coefficient (Wildman–Crippen LogP) is -1.04. The second-order valence-electron chi connectivity index (χ2n) is 4.66. The van der Waals surface area contributed by atoms with Gasteiger partial charge >= 0.3 is 0 Å². The molecule has 2 rings (SSSR count). The Morgan fingerprint density at radius 3 is 2.53 bits per heavy atom. The average Bonchev–Trinajstić information content (AvgIpc) is 2.83. The zero-order valence-corrected chi connectivity index (χ0v) is 11.1. The van der Waals surface area contributed by atoms with Crippen molar-refractivity contribution in [2.45, 2.75) is 30.6 Å². The van der Waals surface area contributed by atoms with Crippen molar-refractivity contribution in [3.8, 4) is 0 Å². The summed E-state index contributed by atoms with van der Waals surface area (Å²) in [6.45, 7) is 0.197. The van der Waals surface area contributed by atoms with E-state index >= 15 is 0 Å². The van der Waals surface area contributed by atoms with E-state index in [2.05, 4.69) is 0 Å². The fourth-order valence-electron chi connectivity index (χ4n) is 2.51. The molecule has 2 unspecified atom stereocenters. The number of nitrogens with zero attached hydrogens (tertiary/aromatic N) is 1. The smallest absolute Gasteiger partial charge is 0.218 e. The van der Waals surface area contributed by atoms with Crippen molar-refractivity contribution in [1.29, 1.82) is 0 Å². The normalized spacial score (nSPS) is 34.2. The summed E-state index contributed by atoms with van der Waals surface area (Å²) in [5.74, 6) is -0.321. The molecular formula is C9H17NO5S2. The Hall–Kier alpha value is -0.180. The van der Waals surface area contributed by atoms with Crippen molar-refractivity contribution in [2.75, 3.05) is 24.7 Å². The molecule has 0 bridgehead atoms. The molecule has 0 saturated carbocycles. The Kier molecular flexibility index (Phi) is 3.50. The fourth-order valence-corrected chi connectivity index (χ4v) is 7.29. The molecule has 100 valence electrons. The third-order valence-corrected chi connectivity index (χ3v) is 7.83. The summed E-state index contributed by atoms with van der Waals surface area (Å²) in [7, 11) is -6.78. The first-order valence-electron chi connectivity index (χ1n) is 5.69. The quantitative estimate of drug-likeness (QED) is 0.714. The third kappa shape index (κ3) is 2.49. The van der Waals surface area contributed by atoms with Gasteiger partial charge in [0.05, 0.1) is 23.4 Å². The Balaban J connectivity index is 2.20. The van der Waals surface area contributed by atoms with Crippen molar-refractivity contribution < 1.29 is 21.9 Å². The zero-order valence-electron chi connectivity index (χ0n) is 9.45. The van der Waals surface area contributed by atoms with Gasteiger partial charge in [-0.1, -0.05) is 0 Å². The molecule has 0 amide bonds. The van der Waals surface area contributed by atoms with Crippen molar-refractivity contribution in [2.24, 2.45) is 0 Å². The number of sulfone groups is 1. The molecular weight excluding hydrogens is 266 g/mol. The van der Waals surface area contributed by atoms with Crippen LogP contribution in [0, 0.1) is 0 Å². The lowest BCUT2D eigenvalue weighted by Crippen LogP contribution is -2.43. The number of sulfonamides is 1. The Morgan fingerprint density at radius 1 is 1.29 bits per heavy atom. The van der Waals surface area contributed by atoms with Gasteiger partial charge < -0.3 is 5.11 Å². The van der Waals surface area contributed by atoms with Crippen LogP contribution in [0.2, 0.25) is 0 Å². The fraction of sp³-hybridized carbons (Fsp3) is 1.00. The van der Waals surface area contributed by atoms with Gasteiger partial charge in [-0.3, -0.25) is 0 Å². The highest BCUT2D eigenvalue weighted by Gasteiger charge is 2.43. The second-order valence-corrected chi connectivity index (χ2v) is 9.05. The molecule has 2 atom stereocenters. The lowest BCUT2D eigenvalue weighted by molar-refractivity contribution is 0.213. The number of aliphatic hydroxyl groups excluding tert-OH is 1. The first kappa shape index (κ1) is 13.3. The van der Waals surface area contributed by atoms with Crippen LogP contribution in [-0.4, -0.2) is 62.2 Å². The molecule has 2 saturated heterocycles. The van der Waals surface area contributed by atoms with E-state index < -0.39 is 25.1 Å². The molecule has 17 heavy (non-hydrogen) atoms. The van der Waals surface area contributed by atoms with E-state index in [0.29, 0.717) is 13.0 Å². The lowest BCUT2D eigenvalue weighted by Gasteiger charge is -2.25. The van der Waals surface area contributed by atoms with Crippen LogP contribution in [0.3, 0.4) is 0 Å². The predicted molar refractivity (Wildman–Crippen MR) is 62.8 cm³/mol. The Morgan fingerprint density at radius 2 is 2.00 bits per heavy atom. The second kappa shape index (κ2) is 4.49. The van der Waals surface area contributed by atoms with E-state index in [1.165, 1.54) is 4.31 Å². The average molecular weight is 283 g/mol. The molecule has 0 aromatic carbocycles. The van der Waals surface area contributed by atoms with Gasteiger partial charge in [0.1, 0.15) is 0 Å². The molecule has 2 aliphatic heterocycles. The van der Waals surface area contributed by atoms with Crippen LogP contribution in [0.1, 0.15) is 19.3 Å². The summed E-state index contributed by atoms with van der Waals surface area (Å²) in [6, 6.07) is -0.372. The van der Waals surface area contributed by atoms with Gasteiger partial charge in [-0.25, -0.2) is 16.8 Å². The molecule has 0 aromatic rings. The highest BCUT2D eigenvalue weighted by atomic mass is 32.2. The van der Waals surface area contributed by atoms with Crippen LogP contribution in [0.4, 0.5) is 0 Å². The summed E-state index contributed by atoms with van der Waals surface area (Å²) < 4.78 is 48.4. The maximum absolute atomic E-state index is 12.2. The van der Waals surface area contributed by atoms with Gasteiger partial charge in [0.15, 0.2) is 9.84 Å². The topological polar surface area (TPSA) is 91.8 Å². The monoisotopic (exact) mass is 283 g/mol. The van der Waals surface area contributed by atoms with Crippen LogP contribution in [0.25, 0.3) is 0 Å². The largest absolute Gasteiger partial charge is 0.395 e. The van der Waals surface area contributed by atoms with Crippen molar-refractivity contribution >= 4 is 19.9 Å². The maximum Gasteiger partial charge on any atom is 0.218 e. The van der Waals surface area contributed by atoms with E-state index in [-0.39, 0.29) is 30.6 Å². The maximum atomic E-state index is 12.2. The first-order chi connectivity index (χ1) is 7.87. The van der Waals surface area contributed by atoms with Crippen LogP contribution in [0.15, 0.2) is 0 Å². The van der Waals surface area contributed by atoms with Gasteiger partial charge in [-0.05, 0) is 19.3 Å².